The molecule has 0 aliphatic rings. The van der Waals surface area contributed by atoms with Gasteiger partial charge >= 0.3 is 0 Å². The lowest BCUT2D eigenvalue weighted by molar-refractivity contribution is -0.111. The number of nitrogens with zero attached hydrogens (tertiary/aromatic N) is 1. The van der Waals surface area contributed by atoms with Crippen LogP contribution in [0, 0.1) is 0 Å². The third-order valence-electron chi connectivity index (χ3n) is 3.37. The minimum Gasteiger partial charge on any atom is -0.298 e. The van der Waals surface area contributed by atoms with Crippen LogP contribution in [-0.2, 0) is 11.2 Å². The molecular weight excluding hydrogens is 375 g/mol. The largest absolute Gasteiger partial charge is 0.298 e. The molecule has 1 heterocycles. The molecule has 1 amide bonds. The Balaban J connectivity index is 1.57. The number of nitrogens with one attached hydrogen (secondary N) is 1. The summed E-state index contributed by atoms with van der Waals surface area (Å²) in [5.74, 6) is -0.220. The lowest BCUT2D eigenvalue weighted by Gasteiger charge is -1.98. The molecule has 1 aromatic heterocycles. The summed E-state index contributed by atoms with van der Waals surface area (Å²) in [4.78, 5) is 17.3. The van der Waals surface area contributed by atoms with Crippen molar-refractivity contribution in [2.75, 3.05) is 5.32 Å². The number of thiazole rings is 1. The number of aromatic nitrogens is 1. The first-order valence-corrected chi connectivity index (χ1v) is 9.09. The SMILES string of the molecule is O=C(C=Cc1ccc(Cl)cc1)Nc1ncc(Cc2ccc(Cl)cc2)s1. The van der Waals surface area contributed by atoms with Crippen molar-refractivity contribution >= 4 is 51.7 Å². The van der Waals surface area contributed by atoms with E-state index in [-0.39, 0.29) is 5.91 Å². The molecule has 0 saturated heterocycles. The first-order chi connectivity index (χ1) is 12.1. The second-order valence-electron chi connectivity index (χ2n) is 5.31. The summed E-state index contributed by atoms with van der Waals surface area (Å²) in [5, 5.41) is 4.73. The molecule has 0 aliphatic carbocycles. The van der Waals surface area contributed by atoms with Gasteiger partial charge in [0.25, 0.3) is 0 Å². The van der Waals surface area contributed by atoms with E-state index in [1.165, 1.54) is 17.4 Å². The Morgan fingerprint density at radius 3 is 2.36 bits per heavy atom. The van der Waals surface area contributed by atoms with Crippen LogP contribution >= 0.6 is 34.5 Å². The lowest BCUT2D eigenvalue weighted by Crippen LogP contribution is -2.07. The van der Waals surface area contributed by atoms with Gasteiger partial charge in [-0.15, -0.1) is 11.3 Å². The van der Waals surface area contributed by atoms with E-state index in [0.717, 1.165) is 22.4 Å². The Hall–Kier alpha value is -2.14. The molecule has 0 unspecified atom stereocenters. The summed E-state index contributed by atoms with van der Waals surface area (Å²) in [6.45, 7) is 0. The van der Waals surface area contributed by atoms with Gasteiger partial charge in [-0.2, -0.15) is 0 Å². The summed E-state index contributed by atoms with van der Waals surface area (Å²) in [5.41, 5.74) is 2.05. The molecule has 0 spiro atoms. The summed E-state index contributed by atoms with van der Waals surface area (Å²) in [7, 11) is 0. The van der Waals surface area contributed by atoms with E-state index in [1.54, 1.807) is 24.4 Å². The first kappa shape index (κ1) is 17.7. The normalized spacial score (nSPS) is 11.0. The number of rotatable bonds is 5. The van der Waals surface area contributed by atoms with Crippen LogP contribution in [0.4, 0.5) is 5.13 Å². The van der Waals surface area contributed by atoms with Crippen molar-refractivity contribution in [3.8, 4) is 0 Å². The van der Waals surface area contributed by atoms with Crippen molar-refractivity contribution < 1.29 is 4.79 Å². The molecule has 6 heteroatoms. The number of anilines is 1. The highest BCUT2D eigenvalue weighted by molar-refractivity contribution is 7.15. The van der Waals surface area contributed by atoms with Crippen molar-refractivity contribution in [3.63, 3.8) is 0 Å². The molecule has 1 N–H and O–H groups in total. The number of halogens is 2. The van der Waals surface area contributed by atoms with Crippen LogP contribution in [0.1, 0.15) is 16.0 Å². The quantitative estimate of drug-likeness (QED) is 0.570. The first-order valence-electron chi connectivity index (χ1n) is 7.52. The van der Waals surface area contributed by atoms with E-state index in [9.17, 15) is 4.79 Å². The van der Waals surface area contributed by atoms with Gasteiger partial charge in [0.05, 0.1) is 0 Å². The highest BCUT2D eigenvalue weighted by Crippen LogP contribution is 2.22. The molecule has 0 fully saturated rings. The molecule has 0 bridgehead atoms. The maximum Gasteiger partial charge on any atom is 0.250 e. The third-order valence-corrected chi connectivity index (χ3v) is 4.79. The summed E-state index contributed by atoms with van der Waals surface area (Å²) in [6.07, 6.45) is 5.74. The second kappa shape index (κ2) is 8.30. The zero-order valence-corrected chi connectivity index (χ0v) is 15.4. The summed E-state index contributed by atoms with van der Waals surface area (Å²) >= 11 is 13.2. The molecular formula is C19H14Cl2N2OS. The average Bonchev–Trinajstić information content (AvgIpc) is 3.03. The second-order valence-corrected chi connectivity index (χ2v) is 7.30. The molecule has 0 atom stereocenters. The van der Waals surface area contributed by atoms with Gasteiger partial charge in [0.15, 0.2) is 5.13 Å². The fourth-order valence-corrected chi connectivity index (χ4v) is 3.24. The minimum atomic E-state index is -0.220. The molecule has 25 heavy (non-hydrogen) atoms. The van der Waals surface area contributed by atoms with E-state index < -0.39 is 0 Å². The maximum atomic E-state index is 12.0. The number of carbonyl (C=O) groups excluding carboxylic acids is 1. The predicted molar refractivity (Wildman–Crippen MR) is 105 cm³/mol. The van der Waals surface area contributed by atoms with Gasteiger partial charge in [0.1, 0.15) is 0 Å². The van der Waals surface area contributed by atoms with Crippen molar-refractivity contribution in [2.45, 2.75) is 6.42 Å². The fraction of sp³-hybridized carbons (Fsp3) is 0.0526. The van der Waals surface area contributed by atoms with Gasteiger partial charge in [-0.3, -0.25) is 10.1 Å². The Morgan fingerprint density at radius 2 is 1.68 bits per heavy atom. The van der Waals surface area contributed by atoms with Gasteiger partial charge in [0.2, 0.25) is 5.91 Å². The molecule has 2 aromatic carbocycles. The monoisotopic (exact) mass is 388 g/mol. The standard InChI is InChI=1S/C19H14Cl2N2OS/c20-15-6-1-13(2-7-15)5-10-18(24)23-19-22-12-17(25-19)11-14-3-8-16(21)9-4-14/h1-10,12H,11H2,(H,22,23,24). The smallest absolute Gasteiger partial charge is 0.250 e. The van der Waals surface area contributed by atoms with Crippen molar-refractivity contribution in [1.29, 1.82) is 0 Å². The summed E-state index contributed by atoms with van der Waals surface area (Å²) in [6, 6.07) is 14.9. The van der Waals surface area contributed by atoms with Gasteiger partial charge in [-0.05, 0) is 41.5 Å². The zero-order chi connectivity index (χ0) is 17.6. The molecule has 0 saturated carbocycles. The average molecular weight is 389 g/mol. The molecule has 3 rings (SSSR count). The summed E-state index contributed by atoms with van der Waals surface area (Å²) < 4.78 is 0. The van der Waals surface area contributed by atoms with Crippen molar-refractivity contribution in [3.05, 3.63) is 86.9 Å². The number of hydrogen-bond acceptors (Lipinski definition) is 3. The Kier molecular flexibility index (Phi) is 5.87. The number of benzene rings is 2. The van der Waals surface area contributed by atoms with Crippen LogP contribution in [0.3, 0.4) is 0 Å². The maximum absolute atomic E-state index is 12.0. The van der Waals surface area contributed by atoms with Crippen LogP contribution in [0.15, 0.2) is 60.8 Å². The predicted octanol–water partition coefficient (Wildman–Crippen LogP) is 5.69. The Labute approximate surface area is 159 Å². The fourth-order valence-electron chi connectivity index (χ4n) is 2.14. The number of amides is 1. The van der Waals surface area contributed by atoms with Gasteiger partial charge in [0, 0.05) is 33.6 Å². The lowest BCUT2D eigenvalue weighted by atomic mass is 10.1. The molecule has 0 radical (unpaired) electrons. The van der Waals surface area contributed by atoms with Crippen LogP contribution in [-0.4, -0.2) is 10.9 Å². The molecule has 126 valence electrons. The highest BCUT2D eigenvalue weighted by Gasteiger charge is 2.05. The third kappa shape index (κ3) is 5.43. The topological polar surface area (TPSA) is 42.0 Å². The molecule has 0 aliphatic heterocycles. The highest BCUT2D eigenvalue weighted by atomic mass is 35.5. The van der Waals surface area contributed by atoms with Crippen LogP contribution in [0.2, 0.25) is 10.0 Å². The van der Waals surface area contributed by atoms with Gasteiger partial charge in [-0.25, -0.2) is 4.98 Å². The number of hydrogen-bond donors (Lipinski definition) is 1. The van der Waals surface area contributed by atoms with Crippen LogP contribution < -0.4 is 5.32 Å². The Bertz CT molecular complexity index is 887. The molecule has 3 nitrogen and oxygen atoms in total. The van der Waals surface area contributed by atoms with Crippen molar-refractivity contribution in [2.24, 2.45) is 0 Å². The van der Waals surface area contributed by atoms with E-state index >= 15 is 0 Å². The number of carbonyl (C=O) groups is 1. The van der Waals surface area contributed by atoms with Gasteiger partial charge < -0.3 is 0 Å². The van der Waals surface area contributed by atoms with Crippen LogP contribution in [0.25, 0.3) is 6.08 Å². The van der Waals surface area contributed by atoms with Gasteiger partial charge in [-0.1, -0.05) is 47.5 Å². The van der Waals surface area contributed by atoms with E-state index in [4.69, 9.17) is 23.2 Å². The molecule has 3 aromatic rings. The van der Waals surface area contributed by atoms with E-state index in [2.05, 4.69) is 10.3 Å². The van der Waals surface area contributed by atoms with E-state index in [0.29, 0.717) is 15.2 Å². The Morgan fingerprint density at radius 1 is 1.04 bits per heavy atom. The van der Waals surface area contributed by atoms with Crippen LogP contribution in [0.5, 0.6) is 0 Å². The minimum absolute atomic E-state index is 0.220. The van der Waals surface area contributed by atoms with Crippen molar-refractivity contribution in [1.82, 2.24) is 4.98 Å². The van der Waals surface area contributed by atoms with E-state index in [1.807, 2.05) is 36.4 Å². The zero-order valence-electron chi connectivity index (χ0n) is 13.1.